The van der Waals surface area contributed by atoms with Crippen LogP contribution in [0.2, 0.25) is 0 Å². The average Bonchev–Trinajstić information content (AvgIpc) is 3.10. The van der Waals surface area contributed by atoms with E-state index in [9.17, 15) is 0 Å². The van der Waals surface area contributed by atoms with E-state index in [0.717, 1.165) is 34.7 Å². The molecule has 5 nitrogen and oxygen atoms in total. The molecule has 21 heavy (non-hydrogen) atoms. The molecule has 3 rings (SSSR count). The normalized spacial score (nSPS) is 12.9. The molecular formula is C15H19N5S. The third kappa shape index (κ3) is 2.82. The van der Waals surface area contributed by atoms with Crippen LogP contribution in [0.3, 0.4) is 0 Å². The fraction of sp³-hybridized carbons (Fsp3) is 0.400. The molecule has 0 saturated heterocycles. The monoisotopic (exact) mass is 301 g/mol. The molecule has 0 radical (unpaired) electrons. The number of aromatic nitrogens is 4. The number of aryl methyl sites for hydroxylation is 2. The second kappa shape index (κ2) is 5.91. The molecule has 0 aliphatic rings. The Morgan fingerprint density at radius 3 is 2.95 bits per heavy atom. The molecule has 1 N–H and O–H groups in total. The predicted octanol–water partition coefficient (Wildman–Crippen LogP) is 2.97. The molecule has 1 unspecified atom stereocenters. The van der Waals surface area contributed by atoms with Crippen LogP contribution in [0.15, 0.2) is 23.8 Å². The number of pyridine rings is 1. The lowest BCUT2D eigenvalue weighted by atomic mass is 10.2. The Balaban J connectivity index is 1.77. The Hall–Kier alpha value is -1.79. The lowest BCUT2D eigenvalue weighted by Crippen LogP contribution is -2.20. The van der Waals surface area contributed by atoms with Crippen molar-refractivity contribution < 1.29 is 0 Å². The molecule has 0 aromatic carbocycles. The summed E-state index contributed by atoms with van der Waals surface area (Å²) in [7, 11) is 1.93. The summed E-state index contributed by atoms with van der Waals surface area (Å²) in [4.78, 5) is 8.91. The van der Waals surface area contributed by atoms with Crippen LogP contribution in [-0.4, -0.2) is 19.7 Å². The number of nitrogens with zero attached hydrogens (tertiary/aromatic N) is 4. The SMILES string of the molecule is CCC(NCc1cnc2c(c1)c(C)nn2C)c1nccs1. The van der Waals surface area contributed by atoms with Gasteiger partial charge >= 0.3 is 0 Å². The summed E-state index contributed by atoms with van der Waals surface area (Å²) in [6.45, 7) is 4.98. The zero-order valence-corrected chi connectivity index (χ0v) is 13.3. The van der Waals surface area contributed by atoms with E-state index in [1.54, 1.807) is 11.3 Å². The van der Waals surface area contributed by atoms with Crippen molar-refractivity contribution in [2.45, 2.75) is 32.9 Å². The number of thiazole rings is 1. The van der Waals surface area contributed by atoms with Crippen LogP contribution in [0.4, 0.5) is 0 Å². The third-order valence-electron chi connectivity index (χ3n) is 3.63. The van der Waals surface area contributed by atoms with Gasteiger partial charge in [-0.25, -0.2) is 9.97 Å². The first kappa shape index (κ1) is 14.2. The highest BCUT2D eigenvalue weighted by Crippen LogP contribution is 2.20. The molecule has 0 amide bonds. The van der Waals surface area contributed by atoms with Gasteiger partial charge in [-0.15, -0.1) is 11.3 Å². The summed E-state index contributed by atoms with van der Waals surface area (Å²) in [5.41, 5.74) is 3.13. The highest BCUT2D eigenvalue weighted by Gasteiger charge is 2.12. The van der Waals surface area contributed by atoms with Crippen LogP contribution < -0.4 is 5.32 Å². The van der Waals surface area contributed by atoms with E-state index < -0.39 is 0 Å². The topological polar surface area (TPSA) is 55.6 Å². The van der Waals surface area contributed by atoms with Crippen LogP contribution >= 0.6 is 11.3 Å². The maximum Gasteiger partial charge on any atom is 0.157 e. The molecule has 0 fully saturated rings. The molecule has 0 saturated carbocycles. The summed E-state index contributed by atoms with van der Waals surface area (Å²) < 4.78 is 1.83. The summed E-state index contributed by atoms with van der Waals surface area (Å²) in [6, 6.07) is 2.47. The summed E-state index contributed by atoms with van der Waals surface area (Å²) in [5, 5.41) is 12.3. The van der Waals surface area contributed by atoms with Gasteiger partial charge in [-0.2, -0.15) is 5.10 Å². The van der Waals surface area contributed by atoms with Crippen LogP contribution in [-0.2, 0) is 13.6 Å². The van der Waals surface area contributed by atoms with Crippen molar-refractivity contribution in [1.29, 1.82) is 0 Å². The number of hydrogen-bond donors (Lipinski definition) is 1. The lowest BCUT2D eigenvalue weighted by molar-refractivity contribution is 0.516. The number of nitrogens with one attached hydrogen (secondary N) is 1. The Kier molecular flexibility index (Phi) is 3.98. The van der Waals surface area contributed by atoms with Gasteiger partial charge in [-0.05, 0) is 25.0 Å². The number of fused-ring (bicyclic) bond motifs is 1. The third-order valence-corrected chi connectivity index (χ3v) is 4.52. The Bertz CT molecular complexity index is 732. The average molecular weight is 301 g/mol. The van der Waals surface area contributed by atoms with E-state index in [0.29, 0.717) is 6.04 Å². The van der Waals surface area contributed by atoms with Crippen LogP contribution in [0.25, 0.3) is 11.0 Å². The second-order valence-corrected chi connectivity index (χ2v) is 6.06. The van der Waals surface area contributed by atoms with E-state index in [1.807, 2.05) is 36.4 Å². The van der Waals surface area contributed by atoms with Gasteiger partial charge < -0.3 is 5.32 Å². The Morgan fingerprint density at radius 1 is 1.38 bits per heavy atom. The fourth-order valence-electron chi connectivity index (χ4n) is 2.50. The van der Waals surface area contributed by atoms with Gasteiger partial charge in [-0.3, -0.25) is 4.68 Å². The van der Waals surface area contributed by atoms with Gasteiger partial charge in [0.05, 0.1) is 11.7 Å². The second-order valence-electron chi connectivity index (χ2n) is 5.14. The van der Waals surface area contributed by atoms with E-state index >= 15 is 0 Å². The molecule has 3 aromatic rings. The summed E-state index contributed by atoms with van der Waals surface area (Å²) in [5.74, 6) is 0. The van der Waals surface area contributed by atoms with Crippen LogP contribution in [0, 0.1) is 6.92 Å². The first-order chi connectivity index (χ1) is 10.2. The molecule has 0 spiro atoms. The van der Waals surface area contributed by atoms with Gasteiger partial charge in [0.2, 0.25) is 0 Å². The number of hydrogen-bond acceptors (Lipinski definition) is 5. The van der Waals surface area contributed by atoms with Crippen molar-refractivity contribution in [2.75, 3.05) is 0 Å². The molecule has 0 bridgehead atoms. The fourth-order valence-corrected chi connectivity index (χ4v) is 3.30. The van der Waals surface area contributed by atoms with Crippen molar-refractivity contribution in [2.24, 2.45) is 7.05 Å². The summed E-state index contributed by atoms with van der Waals surface area (Å²) >= 11 is 1.70. The molecular weight excluding hydrogens is 282 g/mol. The van der Waals surface area contributed by atoms with Gasteiger partial charge in [0.15, 0.2) is 5.65 Å². The first-order valence-electron chi connectivity index (χ1n) is 7.10. The van der Waals surface area contributed by atoms with Gasteiger partial charge in [0.25, 0.3) is 0 Å². The van der Waals surface area contributed by atoms with Gasteiger partial charge in [0.1, 0.15) is 5.01 Å². The minimum atomic E-state index is 0.302. The maximum atomic E-state index is 4.52. The zero-order chi connectivity index (χ0) is 14.8. The molecule has 110 valence electrons. The van der Waals surface area contributed by atoms with Crippen LogP contribution in [0.5, 0.6) is 0 Å². The standard InChI is InChI=1S/C15H19N5S/c1-4-13(15-16-5-6-21-15)17-8-11-7-12-10(2)19-20(3)14(12)18-9-11/h5-7,9,13,17H,4,8H2,1-3H3. The molecule has 0 aliphatic heterocycles. The van der Waals surface area contributed by atoms with E-state index in [2.05, 4.69) is 33.4 Å². The highest BCUT2D eigenvalue weighted by molar-refractivity contribution is 7.09. The predicted molar refractivity (Wildman–Crippen MR) is 85.2 cm³/mol. The van der Waals surface area contributed by atoms with E-state index in [1.165, 1.54) is 5.56 Å². The quantitative estimate of drug-likeness (QED) is 0.787. The molecule has 3 aromatic heterocycles. The first-order valence-corrected chi connectivity index (χ1v) is 7.98. The smallest absolute Gasteiger partial charge is 0.157 e. The Labute approximate surface area is 128 Å². The zero-order valence-electron chi connectivity index (χ0n) is 12.5. The maximum absolute atomic E-state index is 4.52. The van der Waals surface area contributed by atoms with E-state index in [-0.39, 0.29) is 0 Å². The molecule has 3 heterocycles. The van der Waals surface area contributed by atoms with Gasteiger partial charge in [-0.1, -0.05) is 6.92 Å². The van der Waals surface area contributed by atoms with Crippen molar-refractivity contribution in [3.05, 3.63) is 40.1 Å². The summed E-state index contributed by atoms with van der Waals surface area (Å²) in [6.07, 6.45) is 4.80. The van der Waals surface area contributed by atoms with Crippen molar-refractivity contribution in [3.8, 4) is 0 Å². The van der Waals surface area contributed by atoms with Crippen molar-refractivity contribution in [3.63, 3.8) is 0 Å². The largest absolute Gasteiger partial charge is 0.304 e. The lowest BCUT2D eigenvalue weighted by Gasteiger charge is -2.14. The minimum Gasteiger partial charge on any atom is -0.304 e. The van der Waals surface area contributed by atoms with E-state index in [4.69, 9.17) is 0 Å². The number of rotatable bonds is 5. The molecule has 6 heteroatoms. The van der Waals surface area contributed by atoms with Crippen LogP contribution in [0.1, 0.15) is 35.7 Å². The molecule has 0 aliphatic carbocycles. The Morgan fingerprint density at radius 2 is 2.24 bits per heavy atom. The molecule has 1 atom stereocenters. The minimum absolute atomic E-state index is 0.302. The van der Waals surface area contributed by atoms with Crippen molar-refractivity contribution in [1.82, 2.24) is 25.1 Å². The highest BCUT2D eigenvalue weighted by atomic mass is 32.1. The van der Waals surface area contributed by atoms with Crippen molar-refractivity contribution >= 4 is 22.4 Å². The van der Waals surface area contributed by atoms with Gasteiger partial charge in [0, 0.05) is 36.8 Å².